The highest BCUT2D eigenvalue weighted by Crippen LogP contribution is 2.35. The molecular formula is C23H38N4O3. The predicted octanol–water partition coefficient (Wildman–Crippen LogP) is 1.40. The van der Waals surface area contributed by atoms with Crippen molar-refractivity contribution in [3.05, 3.63) is 24.3 Å². The van der Waals surface area contributed by atoms with Crippen molar-refractivity contribution in [3.8, 4) is 0 Å². The minimum Gasteiger partial charge on any atom is -0.459 e. The predicted molar refractivity (Wildman–Crippen MR) is 118 cm³/mol. The number of carbonyl (C=O) groups excluding carboxylic acids is 2. The van der Waals surface area contributed by atoms with Gasteiger partial charge in [-0.1, -0.05) is 24.3 Å². The van der Waals surface area contributed by atoms with Crippen LogP contribution in [0, 0.1) is 5.41 Å². The molecular weight excluding hydrogens is 380 g/mol. The normalized spacial score (nSPS) is 27.8. The van der Waals surface area contributed by atoms with E-state index < -0.39 is 23.0 Å². The average molecular weight is 419 g/mol. The van der Waals surface area contributed by atoms with Crippen LogP contribution in [-0.2, 0) is 14.3 Å². The number of nitrogens with two attached hydrogens (primary N) is 1. The maximum Gasteiger partial charge on any atom is 0.318 e. The van der Waals surface area contributed by atoms with E-state index >= 15 is 0 Å². The van der Waals surface area contributed by atoms with Crippen LogP contribution in [0.3, 0.4) is 0 Å². The van der Waals surface area contributed by atoms with E-state index in [2.05, 4.69) is 16.8 Å². The van der Waals surface area contributed by atoms with Gasteiger partial charge in [0.2, 0.25) is 5.91 Å². The molecule has 1 aliphatic carbocycles. The van der Waals surface area contributed by atoms with Gasteiger partial charge in [-0.05, 0) is 60.2 Å². The summed E-state index contributed by atoms with van der Waals surface area (Å²) in [4.78, 5) is 33.1. The van der Waals surface area contributed by atoms with Gasteiger partial charge in [-0.2, -0.15) is 0 Å². The monoisotopic (exact) mass is 418 g/mol. The molecule has 7 nitrogen and oxygen atoms in total. The lowest BCUT2D eigenvalue weighted by Gasteiger charge is -2.44. The number of esters is 1. The van der Waals surface area contributed by atoms with E-state index in [-0.39, 0.29) is 5.91 Å². The number of rotatable bonds is 4. The van der Waals surface area contributed by atoms with Crippen LogP contribution in [0.25, 0.3) is 0 Å². The number of likely N-dealkylation sites (tertiary alicyclic amines) is 1. The first-order chi connectivity index (χ1) is 14.1. The Balaban J connectivity index is 1.64. The molecule has 3 aliphatic rings. The van der Waals surface area contributed by atoms with Crippen molar-refractivity contribution in [1.29, 1.82) is 0 Å². The van der Waals surface area contributed by atoms with Crippen molar-refractivity contribution in [3.63, 3.8) is 0 Å². The number of piperazine rings is 1. The van der Waals surface area contributed by atoms with E-state index in [0.29, 0.717) is 25.6 Å². The van der Waals surface area contributed by atoms with E-state index in [4.69, 9.17) is 10.5 Å². The van der Waals surface area contributed by atoms with Crippen molar-refractivity contribution in [2.45, 2.75) is 57.7 Å². The van der Waals surface area contributed by atoms with E-state index in [1.54, 1.807) is 12.2 Å². The van der Waals surface area contributed by atoms with Crippen LogP contribution in [0.2, 0.25) is 0 Å². The van der Waals surface area contributed by atoms with Crippen LogP contribution in [0.15, 0.2) is 24.3 Å². The molecule has 30 heavy (non-hydrogen) atoms. The molecule has 0 aromatic carbocycles. The molecule has 168 valence electrons. The van der Waals surface area contributed by atoms with E-state index in [0.717, 1.165) is 26.2 Å². The fourth-order valence-corrected chi connectivity index (χ4v) is 4.60. The number of carbonyl (C=O) groups is 2. The first kappa shape index (κ1) is 23.0. The minimum atomic E-state index is -1.15. The van der Waals surface area contributed by atoms with Gasteiger partial charge in [0.25, 0.3) is 0 Å². The molecule has 2 N–H and O–H groups in total. The Kier molecular flexibility index (Phi) is 7.05. The zero-order valence-electron chi connectivity index (χ0n) is 19.0. The van der Waals surface area contributed by atoms with Gasteiger partial charge in [-0.15, -0.1) is 0 Å². The van der Waals surface area contributed by atoms with Gasteiger partial charge in [0.05, 0.1) is 0 Å². The maximum absolute atomic E-state index is 13.3. The Morgan fingerprint density at radius 2 is 1.70 bits per heavy atom. The number of piperidine rings is 1. The van der Waals surface area contributed by atoms with Gasteiger partial charge in [0.15, 0.2) is 0 Å². The van der Waals surface area contributed by atoms with Crippen LogP contribution in [0.4, 0.5) is 0 Å². The Morgan fingerprint density at radius 1 is 1.07 bits per heavy atom. The maximum atomic E-state index is 13.3. The second kappa shape index (κ2) is 9.20. The summed E-state index contributed by atoms with van der Waals surface area (Å²) in [5, 5.41) is 0. The van der Waals surface area contributed by atoms with Gasteiger partial charge < -0.3 is 20.3 Å². The van der Waals surface area contributed by atoms with Gasteiger partial charge >= 0.3 is 5.97 Å². The number of nitrogens with zero attached hydrogens (tertiary/aromatic N) is 3. The first-order valence-electron chi connectivity index (χ1n) is 11.2. The Labute approximate surface area is 180 Å². The quantitative estimate of drug-likeness (QED) is 0.695. The zero-order valence-corrected chi connectivity index (χ0v) is 19.0. The molecule has 0 saturated carbocycles. The van der Waals surface area contributed by atoms with E-state index in [1.165, 1.54) is 12.8 Å². The van der Waals surface area contributed by atoms with Crippen molar-refractivity contribution in [2.24, 2.45) is 11.1 Å². The second-order valence-electron chi connectivity index (χ2n) is 9.91. The summed E-state index contributed by atoms with van der Waals surface area (Å²) < 4.78 is 5.66. The third-order valence-electron chi connectivity index (χ3n) is 6.53. The topological polar surface area (TPSA) is 79.1 Å². The van der Waals surface area contributed by atoms with Gasteiger partial charge in [-0.25, -0.2) is 0 Å². The molecule has 0 aromatic heterocycles. The zero-order chi connectivity index (χ0) is 21.9. The molecule has 0 radical (unpaired) electrons. The SMILES string of the molecule is CN1CCC(N2CCN(C(=O)[C@H](N)C3(C(=O)OC(C)(C)C)C=CC=CC3)CC2)CC1. The van der Waals surface area contributed by atoms with Crippen LogP contribution >= 0.6 is 0 Å². The van der Waals surface area contributed by atoms with Crippen LogP contribution in [-0.4, -0.2) is 90.6 Å². The lowest BCUT2D eigenvalue weighted by molar-refractivity contribution is -0.168. The van der Waals surface area contributed by atoms with Crippen molar-refractivity contribution in [1.82, 2.24) is 14.7 Å². The molecule has 3 rings (SSSR count). The fraction of sp³-hybridized carbons (Fsp3) is 0.739. The lowest BCUT2D eigenvalue weighted by atomic mass is 9.74. The standard InChI is InChI=1S/C23H38N4O3/c1-22(2,3)30-21(29)23(10-6-5-7-11-23)19(24)20(28)27-16-14-26(15-17-27)18-8-12-25(4)13-9-18/h5-7,10,18-19H,8-9,11-17,24H2,1-4H3/t19-,23?/m0/s1. The Bertz CT molecular complexity index is 683. The van der Waals surface area contributed by atoms with Crippen molar-refractivity contribution >= 4 is 11.9 Å². The highest BCUT2D eigenvalue weighted by Gasteiger charge is 2.49. The molecule has 7 heteroatoms. The van der Waals surface area contributed by atoms with E-state index in [9.17, 15) is 9.59 Å². The summed E-state index contributed by atoms with van der Waals surface area (Å²) in [7, 11) is 2.17. The van der Waals surface area contributed by atoms with Gasteiger partial charge in [0, 0.05) is 32.2 Å². The van der Waals surface area contributed by atoms with Gasteiger partial charge in [-0.3, -0.25) is 14.5 Å². The van der Waals surface area contributed by atoms with E-state index in [1.807, 2.05) is 37.8 Å². The molecule has 2 aliphatic heterocycles. The Morgan fingerprint density at radius 3 is 2.23 bits per heavy atom. The lowest BCUT2D eigenvalue weighted by Crippen LogP contribution is -2.61. The average Bonchev–Trinajstić information content (AvgIpc) is 2.72. The molecule has 0 spiro atoms. The van der Waals surface area contributed by atoms with Crippen LogP contribution < -0.4 is 5.73 Å². The molecule has 2 heterocycles. The largest absolute Gasteiger partial charge is 0.459 e. The van der Waals surface area contributed by atoms with Crippen molar-refractivity contribution < 1.29 is 14.3 Å². The third-order valence-corrected chi connectivity index (χ3v) is 6.53. The molecule has 0 aromatic rings. The molecule has 2 fully saturated rings. The van der Waals surface area contributed by atoms with Gasteiger partial charge in [0.1, 0.15) is 17.1 Å². The molecule has 1 amide bonds. The first-order valence-corrected chi connectivity index (χ1v) is 11.2. The summed E-state index contributed by atoms with van der Waals surface area (Å²) in [6, 6.07) is -0.352. The summed E-state index contributed by atoms with van der Waals surface area (Å²) in [5.41, 5.74) is 4.69. The molecule has 1 unspecified atom stereocenters. The summed E-state index contributed by atoms with van der Waals surface area (Å²) in [6.07, 6.45) is 10.0. The molecule has 2 atom stereocenters. The number of hydrogen-bond donors (Lipinski definition) is 1. The molecule has 2 saturated heterocycles. The Hall–Kier alpha value is -1.70. The number of ether oxygens (including phenoxy) is 1. The number of hydrogen-bond acceptors (Lipinski definition) is 6. The number of allylic oxidation sites excluding steroid dienone is 3. The smallest absolute Gasteiger partial charge is 0.318 e. The highest BCUT2D eigenvalue weighted by molar-refractivity contribution is 5.92. The van der Waals surface area contributed by atoms with Crippen molar-refractivity contribution in [2.75, 3.05) is 46.3 Å². The fourth-order valence-electron chi connectivity index (χ4n) is 4.60. The van der Waals surface area contributed by atoms with Crippen LogP contribution in [0.1, 0.15) is 40.0 Å². The summed E-state index contributed by atoms with van der Waals surface area (Å²) >= 11 is 0. The second-order valence-corrected chi connectivity index (χ2v) is 9.91. The third kappa shape index (κ3) is 5.13. The minimum absolute atomic E-state index is 0.163. The summed E-state index contributed by atoms with van der Waals surface area (Å²) in [6.45, 7) is 10.8. The number of amides is 1. The molecule has 0 bridgehead atoms. The van der Waals surface area contributed by atoms with Crippen LogP contribution in [0.5, 0.6) is 0 Å². The highest BCUT2D eigenvalue weighted by atomic mass is 16.6. The summed E-state index contributed by atoms with van der Waals surface area (Å²) in [5.74, 6) is -0.592.